The van der Waals surface area contributed by atoms with E-state index in [1.807, 2.05) is 0 Å². The van der Waals surface area contributed by atoms with Gasteiger partial charge in [0.1, 0.15) is 0 Å². The summed E-state index contributed by atoms with van der Waals surface area (Å²) in [5.41, 5.74) is 5.74. The first-order valence-corrected chi connectivity index (χ1v) is 3.69. The monoisotopic (exact) mass is 145 g/mol. The van der Waals surface area contributed by atoms with Gasteiger partial charge in [0.05, 0.1) is 0 Å². The lowest BCUT2D eigenvalue weighted by atomic mass is 9.93. The van der Waals surface area contributed by atoms with Crippen molar-refractivity contribution in [3.8, 4) is 0 Å². The van der Waals surface area contributed by atoms with Gasteiger partial charge in [-0.05, 0) is 18.8 Å². The molecule has 0 saturated heterocycles. The molecule has 2 atom stereocenters. The van der Waals surface area contributed by atoms with Crippen LogP contribution >= 0.6 is 11.6 Å². The number of hydrogen-bond acceptors (Lipinski definition) is 1. The highest BCUT2D eigenvalue weighted by Crippen LogP contribution is 2.23. The molecule has 9 heavy (non-hydrogen) atoms. The molecule has 1 aliphatic rings. The molecule has 0 heterocycles. The first-order chi connectivity index (χ1) is 4.20. The van der Waals surface area contributed by atoms with Gasteiger partial charge in [-0.1, -0.05) is 24.6 Å². The Morgan fingerprint density at radius 1 is 1.78 bits per heavy atom. The molecule has 0 radical (unpaired) electrons. The summed E-state index contributed by atoms with van der Waals surface area (Å²) in [6.07, 6.45) is 4.05. The van der Waals surface area contributed by atoms with Gasteiger partial charge in [-0.3, -0.25) is 0 Å². The minimum atomic E-state index is 0.326. The molecule has 1 nitrogen and oxygen atoms in total. The average Bonchev–Trinajstić information content (AvgIpc) is 1.80. The van der Waals surface area contributed by atoms with E-state index in [2.05, 4.69) is 13.0 Å². The second-order valence-corrected chi connectivity index (χ2v) is 3.16. The van der Waals surface area contributed by atoms with Crippen molar-refractivity contribution >= 4 is 11.6 Å². The minimum Gasteiger partial charge on any atom is -0.327 e. The van der Waals surface area contributed by atoms with Gasteiger partial charge in [0, 0.05) is 11.1 Å². The third-order valence-corrected chi connectivity index (χ3v) is 2.15. The van der Waals surface area contributed by atoms with Crippen LogP contribution in [0.1, 0.15) is 19.8 Å². The van der Waals surface area contributed by atoms with Crippen molar-refractivity contribution in [2.24, 2.45) is 11.7 Å². The van der Waals surface area contributed by atoms with Crippen molar-refractivity contribution < 1.29 is 0 Å². The normalized spacial score (nSPS) is 36.1. The van der Waals surface area contributed by atoms with E-state index in [1.165, 1.54) is 0 Å². The van der Waals surface area contributed by atoms with Crippen LogP contribution in [-0.2, 0) is 0 Å². The predicted molar refractivity (Wildman–Crippen MR) is 40.3 cm³/mol. The number of nitrogens with two attached hydrogens (primary N) is 1. The summed E-state index contributed by atoms with van der Waals surface area (Å²) in [4.78, 5) is 0. The highest BCUT2D eigenvalue weighted by molar-refractivity contribution is 6.29. The van der Waals surface area contributed by atoms with Crippen LogP contribution in [-0.4, -0.2) is 6.04 Å². The molecule has 1 aliphatic carbocycles. The summed E-state index contributed by atoms with van der Waals surface area (Å²) in [5, 5.41) is 0.976. The van der Waals surface area contributed by atoms with E-state index in [0.29, 0.717) is 12.0 Å². The Hall–Kier alpha value is -0.0100. The molecule has 0 bridgehead atoms. The Kier molecular flexibility index (Phi) is 2.14. The summed E-state index contributed by atoms with van der Waals surface area (Å²) >= 11 is 5.78. The van der Waals surface area contributed by atoms with Crippen LogP contribution in [0, 0.1) is 5.92 Å². The van der Waals surface area contributed by atoms with Crippen molar-refractivity contribution in [2.75, 3.05) is 0 Å². The van der Waals surface area contributed by atoms with Crippen molar-refractivity contribution in [1.29, 1.82) is 0 Å². The first kappa shape index (κ1) is 7.10. The molecule has 0 fully saturated rings. The predicted octanol–water partition coefficient (Wildman–Crippen LogP) is 1.87. The maximum Gasteiger partial charge on any atom is 0.0145 e. The Balaban J connectivity index is 2.58. The van der Waals surface area contributed by atoms with Gasteiger partial charge in [-0.2, -0.15) is 0 Å². The zero-order valence-corrected chi connectivity index (χ0v) is 6.36. The number of hydrogen-bond donors (Lipinski definition) is 1. The smallest absolute Gasteiger partial charge is 0.0145 e. The largest absolute Gasteiger partial charge is 0.327 e. The van der Waals surface area contributed by atoms with Crippen LogP contribution in [0.2, 0.25) is 0 Å². The van der Waals surface area contributed by atoms with E-state index >= 15 is 0 Å². The van der Waals surface area contributed by atoms with E-state index in [4.69, 9.17) is 17.3 Å². The summed E-state index contributed by atoms with van der Waals surface area (Å²) in [6.45, 7) is 2.10. The molecule has 0 saturated carbocycles. The van der Waals surface area contributed by atoms with Crippen molar-refractivity contribution in [2.45, 2.75) is 25.8 Å². The molecule has 2 heteroatoms. The van der Waals surface area contributed by atoms with Crippen LogP contribution in [0.25, 0.3) is 0 Å². The fraction of sp³-hybridized carbons (Fsp3) is 0.714. The van der Waals surface area contributed by atoms with Gasteiger partial charge in [0.2, 0.25) is 0 Å². The standard InChI is InChI=1S/C7H12ClN/c1-5-4-6(8)2-3-7(5)9/h4-5,7H,2-3,9H2,1H3. The van der Waals surface area contributed by atoms with Gasteiger partial charge in [0.15, 0.2) is 0 Å². The Morgan fingerprint density at radius 3 is 2.89 bits per heavy atom. The topological polar surface area (TPSA) is 26.0 Å². The maximum atomic E-state index is 5.78. The fourth-order valence-electron chi connectivity index (χ4n) is 1.06. The van der Waals surface area contributed by atoms with Crippen LogP contribution in [0.3, 0.4) is 0 Å². The third-order valence-electron chi connectivity index (χ3n) is 1.84. The third kappa shape index (κ3) is 1.70. The summed E-state index contributed by atoms with van der Waals surface area (Å²) < 4.78 is 0. The number of rotatable bonds is 0. The molecule has 0 amide bonds. The lowest BCUT2D eigenvalue weighted by molar-refractivity contribution is 0.483. The molecule has 0 aromatic heterocycles. The van der Waals surface area contributed by atoms with Gasteiger partial charge >= 0.3 is 0 Å². The molecular weight excluding hydrogens is 134 g/mol. The van der Waals surface area contributed by atoms with Crippen molar-refractivity contribution in [1.82, 2.24) is 0 Å². The minimum absolute atomic E-state index is 0.326. The van der Waals surface area contributed by atoms with Gasteiger partial charge < -0.3 is 5.73 Å². The van der Waals surface area contributed by atoms with E-state index < -0.39 is 0 Å². The van der Waals surface area contributed by atoms with E-state index in [0.717, 1.165) is 17.9 Å². The number of halogens is 1. The maximum absolute atomic E-state index is 5.78. The zero-order chi connectivity index (χ0) is 6.85. The molecule has 2 unspecified atom stereocenters. The van der Waals surface area contributed by atoms with Crippen molar-refractivity contribution in [3.05, 3.63) is 11.1 Å². The lowest BCUT2D eigenvalue weighted by Crippen LogP contribution is -2.29. The lowest BCUT2D eigenvalue weighted by Gasteiger charge is -2.21. The molecule has 0 aromatic rings. The van der Waals surface area contributed by atoms with Gasteiger partial charge in [0.25, 0.3) is 0 Å². The molecule has 1 rings (SSSR count). The highest BCUT2D eigenvalue weighted by atomic mass is 35.5. The Labute approximate surface area is 60.9 Å². The second kappa shape index (κ2) is 2.72. The summed E-state index contributed by atoms with van der Waals surface area (Å²) in [5.74, 6) is 0.464. The highest BCUT2D eigenvalue weighted by Gasteiger charge is 2.15. The Bertz CT molecular complexity index is 131. The SMILES string of the molecule is CC1C=C(Cl)CCC1N. The second-order valence-electron chi connectivity index (χ2n) is 2.68. The summed E-state index contributed by atoms with van der Waals surface area (Å²) in [7, 11) is 0. The van der Waals surface area contributed by atoms with Gasteiger partial charge in [-0.25, -0.2) is 0 Å². The molecule has 52 valence electrons. The molecule has 0 spiro atoms. The first-order valence-electron chi connectivity index (χ1n) is 3.32. The quantitative estimate of drug-likeness (QED) is 0.554. The average molecular weight is 146 g/mol. The molecule has 0 aromatic carbocycles. The van der Waals surface area contributed by atoms with E-state index in [9.17, 15) is 0 Å². The number of allylic oxidation sites excluding steroid dienone is 1. The molecule has 2 N–H and O–H groups in total. The van der Waals surface area contributed by atoms with E-state index in [1.54, 1.807) is 0 Å². The molecule has 0 aliphatic heterocycles. The Morgan fingerprint density at radius 2 is 2.44 bits per heavy atom. The van der Waals surface area contributed by atoms with Crippen molar-refractivity contribution in [3.63, 3.8) is 0 Å². The molecular formula is C7H12ClN. The van der Waals surface area contributed by atoms with Crippen LogP contribution in [0.5, 0.6) is 0 Å². The van der Waals surface area contributed by atoms with Crippen LogP contribution in [0.15, 0.2) is 11.1 Å². The van der Waals surface area contributed by atoms with E-state index in [-0.39, 0.29) is 0 Å². The van der Waals surface area contributed by atoms with Gasteiger partial charge in [-0.15, -0.1) is 0 Å². The fourth-order valence-corrected chi connectivity index (χ4v) is 1.37. The summed E-state index contributed by atoms with van der Waals surface area (Å²) in [6, 6.07) is 0.326. The van der Waals surface area contributed by atoms with Crippen LogP contribution < -0.4 is 5.73 Å². The zero-order valence-electron chi connectivity index (χ0n) is 5.60. The van der Waals surface area contributed by atoms with Crippen LogP contribution in [0.4, 0.5) is 0 Å².